The van der Waals surface area contributed by atoms with Crippen LogP contribution in [0.2, 0.25) is 0 Å². The van der Waals surface area contributed by atoms with E-state index in [4.69, 9.17) is 4.52 Å². The average Bonchev–Trinajstić information content (AvgIpc) is 3.22. The van der Waals surface area contributed by atoms with Crippen molar-refractivity contribution in [1.29, 1.82) is 0 Å². The summed E-state index contributed by atoms with van der Waals surface area (Å²) in [5.41, 5.74) is 3.94. The lowest BCUT2D eigenvalue weighted by Crippen LogP contribution is -2.41. The number of nitrogens with zero attached hydrogens (tertiary/aromatic N) is 3. The first-order valence-electron chi connectivity index (χ1n) is 9.63. The number of benzene rings is 2. The molecule has 0 bridgehead atoms. The molecule has 1 N–H and O–H groups in total. The lowest BCUT2D eigenvalue weighted by atomic mass is 9.98. The van der Waals surface area contributed by atoms with Gasteiger partial charge < -0.3 is 14.7 Å². The van der Waals surface area contributed by atoms with Crippen molar-refractivity contribution >= 4 is 11.7 Å². The molecule has 0 spiro atoms. The highest BCUT2D eigenvalue weighted by atomic mass is 16.5. The van der Waals surface area contributed by atoms with Gasteiger partial charge in [-0.25, -0.2) is 4.79 Å². The number of hydrogen-bond donors (Lipinski definition) is 1. The van der Waals surface area contributed by atoms with Crippen molar-refractivity contribution in [2.45, 2.75) is 32.6 Å². The molecule has 1 aliphatic heterocycles. The summed E-state index contributed by atoms with van der Waals surface area (Å²) in [5, 5.41) is 7.19. The molecule has 6 nitrogen and oxygen atoms in total. The number of likely N-dealkylation sites (tertiary alicyclic amines) is 1. The number of aromatic nitrogens is 2. The van der Waals surface area contributed by atoms with Gasteiger partial charge in [-0.15, -0.1) is 0 Å². The predicted molar refractivity (Wildman–Crippen MR) is 108 cm³/mol. The van der Waals surface area contributed by atoms with Gasteiger partial charge in [-0.3, -0.25) is 0 Å². The summed E-state index contributed by atoms with van der Waals surface area (Å²) in [6.45, 7) is 5.32. The van der Waals surface area contributed by atoms with Gasteiger partial charge in [-0.05, 0) is 37.8 Å². The van der Waals surface area contributed by atoms with Crippen molar-refractivity contribution < 1.29 is 9.32 Å². The molecule has 1 atom stereocenters. The van der Waals surface area contributed by atoms with Gasteiger partial charge >= 0.3 is 6.03 Å². The second-order valence-corrected chi connectivity index (χ2v) is 7.30. The average molecular weight is 376 g/mol. The summed E-state index contributed by atoms with van der Waals surface area (Å²) < 4.78 is 5.52. The Balaban J connectivity index is 1.46. The van der Waals surface area contributed by atoms with Crippen molar-refractivity contribution in [2.24, 2.45) is 0 Å². The van der Waals surface area contributed by atoms with E-state index in [1.165, 1.54) is 0 Å². The summed E-state index contributed by atoms with van der Waals surface area (Å²) in [5.74, 6) is 1.25. The van der Waals surface area contributed by atoms with Gasteiger partial charge in [0.1, 0.15) is 0 Å². The monoisotopic (exact) mass is 376 g/mol. The second kappa shape index (κ2) is 7.84. The molecule has 0 saturated carbocycles. The van der Waals surface area contributed by atoms with E-state index in [0.29, 0.717) is 18.3 Å². The van der Waals surface area contributed by atoms with Crippen molar-refractivity contribution in [2.75, 3.05) is 18.4 Å². The van der Waals surface area contributed by atoms with E-state index in [-0.39, 0.29) is 11.9 Å². The lowest BCUT2D eigenvalue weighted by Gasteiger charge is -2.31. The van der Waals surface area contributed by atoms with Crippen LogP contribution in [-0.4, -0.2) is 34.2 Å². The molecule has 0 aliphatic carbocycles. The first-order chi connectivity index (χ1) is 13.6. The molecule has 6 heteroatoms. The number of anilines is 1. The fraction of sp³-hybridized carbons (Fsp3) is 0.318. The Morgan fingerprint density at radius 3 is 2.61 bits per heavy atom. The number of carbonyl (C=O) groups is 1. The largest absolute Gasteiger partial charge is 0.339 e. The Hall–Kier alpha value is -3.15. The van der Waals surface area contributed by atoms with E-state index in [1.807, 2.05) is 67.3 Å². The molecule has 1 unspecified atom stereocenters. The van der Waals surface area contributed by atoms with Crippen LogP contribution in [0.3, 0.4) is 0 Å². The highest BCUT2D eigenvalue weighted by Crippen LogP contribution is 2.28. The number of hydrogen-bond acceptors (Lipinski definition) is 4. The Morgan fingerprint density at radius 1 is 1.11 bits per heavy atom. The second-order valence-electron chi connectivity index (χ2n) is 7.30. The fourth-order valence-corrected chi connectivity index (χ4v) is 3.67. The Morgan fingerprint density at radius 2 is 1.86 bits per heavy atom. The Bertz CT molecular complexity index is 947. The van der Waals surface area contributed by atoms with E-state index in [1.54, 1.807) is 0 Å². The molecule has 1 fully saturated rings. The maximum Gasteiger partial charge on any atom is 0.321 e. The number of para-hydroxylation sites is 1. The Kier molecular flexibility index (Phi) is 5.10. The lowest BCUT2D eigenvalue weighted by molar-refractivity contribution is 0.184. The number of nitrogens with one attached hydrogen (secondary N) is 1. The zero-order valence-electron chi connectivity index (χ0n) is 16.2. The molecule has 2 heterocycles. The maximum atomic E-state index is 12.8. The predicted octanol–water partition coefficient (Wildman–Crippen LogP) is 4.76. The van der Waals surface area contributed by atoms with E-state index in [2.05, 4.69) is 15.5 Å². The minimum absolute atomic E-state index is 0.0578. The molecule has 0 radical (unpaired) electrons. The molecule has 1 saturated heterocycles. The van der Waals surface area contributed by atoms with Crippen LogP contribution in [0.25, 0.3) is 11.4 Å². The van der Waals surface area contributed by atoms with Gasteiger partial charge in [0.2, 0.25) is 11.7 Å². The summed E-state index contributed by atoms with van der Waals surface area (Å²) in [4.78, 5) is 19.2. The van der Waals surface area contributed by atoms with Crippen molar-refractivity contribution in [3.63, 3.8) is 0 Å². The SMILES string of the molecule is Cc1cccc(C)c1NC(=O)N1CCCC(c2nc(-c3ccccc3)no2)C1. The molecule has 1 aromatic heterocycles. The number of piperidine rings is 1. The van der Waals surface area contributed by atoms with Gasteiger partial charge in [-0.2, -0.15) is 4.98 Å². The van der Waals surface area contributed by atoms with Crippen LogP contribution in [-0.2, 0) is 0 Å². The minimum atomic E-state index is -0.0788. The molecule has 4 rings (SSSR count). The molecular weight excluding hydrogens is 352 g/mol. The first kappa shape index (κ1) is 18.2. The molecular formula is C22H24N4O2. The van der Waals surface area contributed by atoms with Gasteiger partial charge in [0.25, 0.3) is 0 Å². The van der Waals surface area contributed by atoms with Gasteiger partial charge in [0.05, 0.1) is 5.92 Å². The van der Waals surface area contributed by atoms with Crippen LogP contribution >= 0.6 is 0 Å². The topological polar surface area (TPSA) is 71.3 Å². The molecule has 2 amide bonds. The van der Waals surface area contributed by atoms with Crippen LogP contribution in [0.4, 0.5) is 10.5 Å². The molecule has 144 valence electrons. The quantitative estimate of drug-likeness (QED) is 0.715. The molecule has 1 aliphatic rings. The number of amides is 2. The minimum Gasteiger partial charge on any atom is -0.339 e. The summed E-state index contributed by atoms with van der Waals surface area (Å²) in [6.07, 6.45) is 1.84. The van der Waals surface area contributed by atoms with Crippen molar-refractivity contribution in [3.05, 3.63) is 65.5 Å². The summed E-state index contributed by atoms with van der Waals surface area (Å²) in [7, 11) is 0. The van der Waals surface area contributed by atoms with Gasteiger partial charge in [-0.1, -0.05) is 53.7 Å². The number of rotatable bonds is 3. The highest BCUT2D eigenvalue weighted by molar-refractivity contribution is 5.91. The van der Waals surface area contributed by atoms with Gasteiger partial charge in [0.15, 0.2) is 0 Å². The van der Waals surface area contributed by atoms with Crippen LogP contribution in [0.15, 0.2) is 53.1 Å². The zero-order chi connectivity index (χ0) is 19.5. The number of carbonyl (C=O) groups excluding carboxylic acids is 1. The zero-order valence-corrected chi connectivity index (χ0v) is 16.2. The van der Waals surface area contributed by atoms with Crippen molar-refractivity contribution in [3.8, 4) is 11.4 Å². The normalized spacial score (nSPS) is 16.8. The molecule has 28 heavy (non-hydrogen) atoms. The third-order valence-corrected chi connectivity index (χ3v) is 5.24. The van der Waals surface area contributed by atoms with Gasteiger partial charge in [0, 0.05) is 24.3 Å². The molecule has 2 aromatic carbocycles. The maximum absolute atomic E-state index is 12.8. The molecule has 3 aromatic rings. The van der Waals surface area contributed by atoms with E-state index < -0.39 is 0 Å². The summed E-state index contributed by atoms with van der Waals surface area (Å²) >= 11 is 0. The Labute approximate surface area is 164 Å². The van der Waals surface area contributed by atoms with Crippen LogP contribution < -0.4 is 5.32 Å². The third-order valence-electron chi connectivity index (χ3n) is 5.24. The van der Waals surface area contributed by atoms with Crippen LogP contribution in [0.5, 0.6) is 0 Å². The standard InChI is InChI=1S/C22H24N4O2/c1-15-8-6-9-16(2)19(15)23-22(27)26-13-7-12-18(14-26)21-24-20(25-28-21)17-10-4-3-5-11-17/h3-6,8-11,18H,7,12-14H2,1-2H3,(H,23,27). The van der Waals surface area contributed by atoms with E-state index in [0.717, 1.165) is 41.8 Å². The third kappa shape index (κ3) is 3.76. The highest BCUT2D eigenvalue weighted by Gasteiger charge is 2.29. The van der Waals surface area contributed by atoms with E-state index >= 15 is 0 Å². The fourth-order valence-electron chi connectivity index (χ4n) is 3.67. The summed E-state index contributed by atoms with van der Waals surface area (Å²) in [6, 6.07) is 15.7. The van der Waals surface area contributed by atoms with Crippen LogP contribution in [0, 0.1) is 13.8 Å². The number of aryl methyl sites for hydroxylation is 2. The van der Waals surface area contributed by atoms with Crippen LogP contribution in [0.1, 0.15) is 35.8 Å². The van der Waals surface area contributed by atoms with Crippen molar-refractivity contribution in [1.82, 2.24) is 15.0 Å². The smallest absolute Gasteiger partial charge is 0.321 e. The number of urea groups is 1. The van der Waals surface area contributed by atoms with E-state index in [9.17, 15) is 4.79 Å². The first-order valence-corrected chi connectivity index (χ1v) is 9.63.